The number of benzene rings is 22. The van der Waals surface area contributed by atoms with E-state index in [4.69, 9.17) is 0 Å². The van der Waals surface area contributed by atoms with Crippen LogP contribution in [-0.2, 0) is 21.7 Å². The third-order valence-corrected chi connectivity index (χ3v) is 32.3. The van der Waals surface area contributed by atoms with E-state index in [-0.39, 0.29) is 21.7 Å². The molecule has 0 aliphatic heterocycles. The summed E-state index contributed by atoms with van der Waals surface area (Å²) in [5.74, 6) is 0. The lowest BCUT2D eigenvalue weighted by molar-refractivity contribution is 0.660. The number of hydrogen-bond donors (Lipinski definition) is 0. The first-order valence-electron chi connectivity index (χ1n) is 52.7. The van der Waals surface area contributed by atoms with Crippen molar-refractivity contribution in [2.24, 2.45) is 0 Å². The van der Waals surface area contributed by atoms with Crippen molar-refractivity contribution < 1.29 is 0 Å². The van der Waals surface area contributed by atoms with Gasteiger partial charge in [0.1, 0.15) is 0 Å². The van der Waals surface area contributed by atoms with Crippen LogP contribution in [0.5, 0.6) is 0 Å². The van der Waals surface area contributed by atoms with Gasteiger partial charge in [0.05, 0.1) is 17.1 Å². The summed E-state index contributed by atoms with van der Waals surface area (Å²) in [6.07, 6.45) is 0. The zero-order chi connectivity index (χ0) is 102. The van der Waals surface area contributed by atoms with Crippen LogP contribution in [0.1, 0.15) is 117 Å². The molecule has 0 aromatic heterocycles. The molecule has 4 aliphatic rings. The van der Waals surface area contributed by atoms with Crippen molar-refractivity contribution in [1.82, 2.24) is 0 Å². The van der Waals surface area contributed by atoms with E-state index in [1.165, 1.54) is 234 Å². The van der Waals surface area contributed by atoms with Gasteiger partial charge < -0.3 is 14.7 Å². The quantitative estimate of drug-likeness (QED) is 0.0848. The summed E-state index contributed by atoms with van der Waals surface area (Å²) in [6.45, 7) is 25.6. The Morgan fingerprint density at radius 2 is 0.273 bits per heavy atom. The van der Waals surface area contributed by atoms with E-state index < -0.39 is 0 Å². The van der Waals surface area contributed by atoms with Crippen molar-refractivity contribution in [1.29, 1.82) is 0 Å². The molecule has 722 valence electrons. The minimum atomic E-state index is -0.106. The maximum atomic E-state index is 2.52. The van der Waals surface area contributed by atoms with Crippen molar-refractivity contribution in [2.75, 3.05) is 14.7 Å². The Morgan fingerprint density at radius 3 is 0.487 bits per heavy atom. The third kappa shape index (κ3) is 17.1. The van der Waals surface area contributed by atoms with Crippen LogP contribution in [0.15, 0.2) is 522 Å². The van der Waals surface area contributed by atoms with Crippen LogP contribution in [0.2, 0.25) is 0 Å². The molecule has 0 saturated carbocycles. The van der Waals surface area contributed by atoms with Gasteiger partial charge in [-0.05, 0) is 283 Å². The molecule has 0 saturated heterocycles. The Morgan fingerprint density at radius 1 is 0.120 bits per heavy atom. The minimum Gasteiger partial charge on any atom is -0.310 e. The smallest absolute Gasteiger partial charge is 0.0569 e. The van der Waals surface area contributed by atoms with Crippen LogP contribution in [0, 0.1) is 20.8 Å². The van der Waals surface area contributed by atoms with E-state index in [9.17, 15) is 0 Å². The number of nitrogens with zero attached hydrogens (tertiary/aromatic N) is 3. The van der Waals surface area contributed by atoms with E-state index in [1.54, 1.807) is 0 Å². The average molecular weight is 1930 g/mol. The molecule has 0 spiro atoms. The summed E-state index contributed by atoms with van der Waals surface area (Å²) in [5, 5.41) is 0. The van der Waals surface area contributed by atoms with Crippen LogP contribution < -0.4 is 14.7 Å². The molecule has 0 radical (unpaired) electrons. The second-order valence-corrected chi connectivity index (χ2v) is 42.8. The van der Waals surface area contributed by atoms with Gasteiger partial charge in [0.15, 0.2) is 0 Å². The van der Waals surface area contributed by atoms with Gasteiger partial charge in [0.25, 0.3) is 0 Å². The Balaban J connectivity index is 0.000000120. The highest BCUT2D eigenvalue weighted by molar-refractivity contribution is 5.99. The summed E-state index contributed by atoms with van der Waals surface area (Å²) in [6, 6.07) is 191. The van der Waals surface area contributed by atoms with Crippen molar-refractivity contribution in [3.8, 4) is 145 Å². The van der Waals surface area contributed by atoms with Crippen LogP contribution >= 0.6 is 0 Å². The van der Waals surface area contributed by atoms with E-state index in [1.807, 2.05) is 0 Å². The zero-order valence-corrected chi connectivity index (χ0v) is 87.0. The number of rotatable bonds is 18. The van der Waals surface area contributed by atoms with Gasteiger partial charge in [0.2, 0.25) is 0 Å². The molecule has 4 aliphatic carbocycles. The molecule has 0 amide bonds. The Labute approximate surface area is 884 Å². The van der Waals surface area contributed by atoms with Crippen LogP contribution in [0.4, 0.5) is 51.2 Å². The highest BCUT2D eigenvalue weighted by Crippen LogP contribution is 2.59. The number of anilines is 9. The van der Waals surface area contributed by atoms with Crippen molar-refractivity contribution in [3.63, 3.8) is 0 Å². The zero-order valence-electron chi connectivity index (χ0n) is 87.0. The van der Waals surface area contributed by atoms with Gasteiger partial charge in [0, 0.05) is 72.5 Å². The van der Waals surface area contributed by atoms with Crippen LogP contribution in [-0.4, -0.2) is 0 Å². The van der Waals surface area contributed by atoms with Crippen molar-refractivity contribution in [2.45, 2.75) is 97.8 Å². The molecule has 0 unspecified atom stereocenters. The van der Waals surface area contributed by atoms with Crippen molar-refractivity contribution in [3.05, 3.63) is 583 Å². The second kappa shape index (κ2) is 38.9. The Hall–Kier alpha value is -17.8. The van der Waals surface area contributed by atoms with E-state index in [2.05, 4.69) is 613 Å². The van der Waals surface area contributed by atoms with E-state index >= 15 is 0 Å². The molecule has 0 N–H and O–H groups in total. The van der Waals surface area contributed by atoms with Gasteiger partial charge in [-0.2, -0.15) is 0 Å². The number of aryl methyl sites for hydroxylation is 3. The molecule has 3 heteroatoms. The molecule has 0 atom stereocenters. The first kappa shape index (κ1) is 94.5. The molecule has 0 heterocycles. The first-order valence-corrected chi connectivity index (χ1v) is 52.7. The predicted octanol–water partition coefficient (Wildman–Crippen LogP) is 40.6. The molecular weight excluding hydrogens is 1810 g/mol. The molecule has 26 rings (SSSR count). The maximum Gasteiger partial charge on any atom is 0.0569 e. The molecule has 22 aromatic rings. The second-order valence-electron chi connectivity index (χ2n) is 42.8. The fourth-order valence-electron chi connectivity index (χ4n) is 24.3. The Kier molecular flexibility index (Phi) is 24.5. The minimum absolute atomic E-state index is 0.0907. The lowest BCUT2D eigenvalue weighted by Gasteiger charge is -2.32. The van der Waals surface area contributed by atoms with Gasteiger partial charge in [-0.1, -0.05) is 504 Å². The topological polar surface area (TPSA) is 9.72 Å². The van der Waals surface area contributed by atoms with Gasteiger partial charge in [-0.25, -0.2) is 0 Å². The monoisotopic (exact) mass is 1930 g/mol. The largest absolute Gasteiger partial charge is 0.310 e. The number of fused-ring (bicyclic) bond motifs is 12. The van der Waals surface area contributed by atoms with Gasteiger partial charge in [-0.3, -0.25) is 0 Å². The molecular formula is C147H119N3. The summed E-state index contributed by atoms with van der Waals surface area (Å²) < 4.78 is 0. The summed E-state index contributed by atoms with van der Waals surface area (Å²) in [4.78, 5) is 7.45. The van der Waals surface area contributed by atoms with E-state index in [0.717, 1.165) is 22.7 Å². The number of para-hydroxylation sites is 3. The third-order valence-electron chi connectivity index (χ3n) is 32.3. The fraction of sp³-hybridized carbons (Fsp3) is 0.102. The normalized spacial score (nSPS) is 13.2. The maximum absolute atomic E-state index is 2.52. The predicted molar refractivity (Wildman–Crippen MR) is 637 cm³/mol. The van der Waals surface area contributed by atoms with Crippen LogP contribution in [0.3, 0.4) is 0 Å². The van der Waals surface area contributed by atoms with Gasteiger partial charge in [-0.15, -0.1) is 0 Å². The lowest BCUT2D eigenvalue weighted by Crippen LogP contribution is -2.18. The molecule has 22 aromatic carbocycles. The number of hydrogen-bond acceptors (Lipinski definition) is 3. The van der Waals surface area contributed by atoms with E-state index in [0.29, 0.717) is 0 Å². The standard InChI is InChI=1S/C52H41N.C49H41N.C46H37N/c1-36-13-12-19-46(43-27-25-40(26-28-43)38-16-8-5-9-17-38)51(36)53(45-33-34-48-47-18-10-11-20-49(47)52(2,3)50(48)35-45)44-31-29-42(30-32-44)41-23-21-39(22-24-41)37-14-6-4-7-15-37;1-32-14-13-19-38(35-24-22-34(23-25-35)33-15-7-6-8-16-33)47(32)50(36-26-28-41-39-17-9-11-20-43(39)48(2,3)45(41)30-36)37-27-29-42-40-18-10-12-21-44(40)49(4,5)46(42)31-37;1-32-13-12-19-40(37-23-21-35(22-24-37)33-14-6-4-7-15-33)45(32)47(38-27-25-36(26-28-38)34-16-8-5-9-17-34)39-29-30-42-41-18-10-11-20-43(41)46(2,3)44(42)31-39/h4-35H,1-3H3;6-31H,1-5H3;4-31H,1-3H3. The Bertz CT molecular complexity index is 8700. The highest BCUT2D eigenvalue weighted by atomic mass is 15.2. The highest BCUT2D eigenvalue weighted by Gasteiger charge is 2.42. The summed E-state index contributed by atoms with van der Waals surface area (Å²) in [7, 11) is 0. The SMILES string of the molecule is Cc1cccc(-c2ccc(-c3ccccc3)cc2)c1N(c1ccc(-c2ccc(-c3ccccc3)cc2)cc1)c1ccc2c(c1)C(C)(C)c1ccccc1-2.Cc1cccc(-c2ccc(-c3ccccc3)cc2)c1N(c1ccc(-c2ccccc2)cc1)c1ccc2c(c1)C(C)(C)c1ccccc1-2.Cc1cccc(-c2ccc(-c3ccccc3)cc2)c1N(c1ccc2c(c1)C(C)(C)c1ccccc1-2)c1ccc2c(c1)C(C)(C)c1ccccc1-2. The van der Waals surface area contributed by atoms with Crippen molar-refractivity contribution >= 4 is 51.2 Å². The molecule has 0 fully saturated rings. The molecule has 3 nitrogen and oxygen atoms in total. The summed E-state index contributed by atoms with van der Waals surface area (Å²) >= 11 is 0. The van der Waals surface area contributed by atoms with Gasteiger partial charge >= 0.3 is 0 Å². The van der Waals surface area contributed by atoms with Crippen LogP contribution in [0.25, 0.3) is 145 Å². The molecule has 150 heavy (non-hydrogen) atoms. The molecule has 0 bridgehead atoms. The fourth-order valence-corrected chi connectivity index (χ4v) is 24.3. The first-order chi connectivity index (χ1) is 73.2. The lowest BCUT2D eigenvalue weighted by atomic mass is 9.82. The average Bonchev–Trinajstić information content (AvgIpc) is 1.57. The summed E-state index contributed by atoms with van der Waals surface area (Å²) in [5.41, 5.74) is 57.4.